The van der Waals surface area contributed by atoms with Gasteiger partial charge in [-0.15, -0.1) is 5.06 Å². The Morgan fingerprint density at radius 3 is 2.45 bits per heavy atom. The number of carbonyl (C=O) groups excluding carboxylic acids is 2. The van der Waals surface area contributed by atoms with E-state index in [2.05, 4.69) is 20.1 Å². The molecule has 1 aromatic carbocycles. The minimum absolute atomic E-state index is 0.0121. The highest BCUT2D eigenvalue weighted by atomic mass is 31.2. The fourth-order valence-electron chi connectivity index (χ4n) is 4.79. The summed E-state index contributed by atoms with van der Waals surface area (Å²) in [4.78, 5) is 65.4. The van der Waals surface area contributed by atoms with E-state index in [1.54, 1.807) is 14.0 Å². The maximum atomic E-state index is 13.6. The van der Waals surface area contributed by atoms with Crippen LogP contribution in [0.5, 0.6) is 0 Å². The summed E-state index contributed by atoms with van der Waals surface area (Å²) in [6.07, 6.45) is -1.34. The van der Waals surface area contributed by atoms with Crippen LogP contribution in [0.2, 0.25) is 0 Å². The molecule has 0 radical (unpaired) electrons. The minimum Gasteiger partial charge on any atom is -0.448 e. The van der Waals surface area contributed by atoms with Gasteiger partial charge in [-0.3, -0.25) is 14.2 Å². The molecule has 0 bridgehead atoms. The monoisotopic (exact) mass is 606 g/mol. The van der Waals surface area contributed by atoms with Crippen LogP contribution in [0.25, 0.3) is 11.4 Å². The number of rotatable bonds is 11. The Labute approximate surface area is 242 Å². The van der Waals surface area contributed by atoms with Crippen LogP contribution in [0.4, 0.5) is 10.6 Å². The lowest BCUT2D eigenvalue weighted by molar-refractivity contribution is -0.154. The van der Waals surface area contributed by atoms with Gasteiger partial charge in [0, 0.05) is 44.9 Å². The SMILES string of the molecule is CCOP(=O)(O)C[C@@H](NC(=O)c1cc(N2CC[C@H](OC)C2)nc(-c2ccccc2)n1)C(=O)N1CCN(OC(=O)O)CC1. The summed E-state index contributed by atoms with van der Waals surface area (Å²) in [5.74, 6) is -0.542. The maximum Gasteiger partial charge on any atom is 0.525 e. The molecule has 3 N–H and O–H groups in total. The fourth-order valence-corrected chi connectivity index (χ4v) is 6.01. The van der Waals surface area contributed by atoms with Gasteiger partial charge < -0.3 is 39.2 Å². The smallest absolute Gasteiger partial charge is 0.448 e. The zero-order valence-electron chi connectivity index (χ0n) is 23.4. The number of anilines is 1. The number of nitrogens with one attached hydrogen (secondary N) is 1. The fraction of sp³-hybridized carbons (Fsp3) is 0.500. The summed E-state index contributed by atoms with van der Waals surface area (Å²) in [5, 5.41) is 12.6. The summed E-state index contributed by atoms with van der Waals surface area (Å²) in [6.45, 7) is 3.05. The minimum atomic E-state index is -4.26. The Bertz CT molecular complexity index is 1310. The Morgan fingerprint density at radius 2 is 1.83 bits per heavy atom. The van der Waals surface area contributed by atoms with E-state index in [9.17, 15) is 23.8 Å². The molecule has 4 rings (SSSR count). The van der Waals surface area contributed by atoms with Crippen molar-refractivity contribution in [1.29, 1.82) is 0 Å². The zero-order chi connectivity index (χ0) is 30.3. The van der Waals surface area contributed by atoms with Crippen molar-refractivity contribution in [3.05, 3.63) is 42.1 Å². The molecule has 3 heterocycles. The number of hydrogen-bond acceptors (Lipinski definition) is 11. The van der Waals surface area contributed by atoms with Gasteiger partial charge in [0.25, 0.3) is 5.91 Å². The molecule has 2 aliphatic rings. The summed E-state index contributed by atoms with van der Waals surface area (Å²) in [5.41, 5.74) is 0.655. The van der Waals surface area contributed by atoms with Gasteiger partial charge in [-0.05, 0) is 13.3 Å². The van der Waals surface area contributed by atoms with Crippen LogP contribution in [-0.2, 0) is 23.5 Å². The van der Waals surface area contributed by atoms with Gasteiger partial charge in [0.15, 0.2) is 5.82 Å². The highest BCUT2D eigenvalue weighted by Gasteiger charge is 2.36. The van der Waals surface area contributed by atoms with Crippen LogP contribution in [0.3, 0.4) is 0 Å². The Kier molecular flexibility index (Phi) is 10.5. The van der Waals surface area contributed by atoms with Crippen molar-refractivity contribution in [3.8, 4) is 11.4 Å². The number of carbonyl (C=O) groups is 3. The third-order valence-electron chi connectivity index (χ3n) is 6.88. The molecular weight excluding hydrogens is 571 g/mol. The predicted molar refractivity (Wildman–Crippen MR) is 150 cm³/mol. The molecule has 1 aromatic heterocycles. The lowest BCUT2D eigenvalue weighted by Crippen LogP contribution is -2.56. The second kappa shape index (κ2) is 14.0. The van der Waals surface area contributed by atoms with Gasteiger partial charge in [0.1, 0.15) is 17.6 Å². The number of aromatic nitrogens is 2. The van der Waals surface area contributed by atoms with Crippen LogP contribution in [0.1, 0.15) is 23.8 Å². The van der Waals surface area contributed by atoms with Gasteiger partial charge in [-0.25, -0.2) is 14.8 Å². The topological polar surface area (TPSA) is 184 Å². The normalized spacial score (nSPS) is 19.6. The molecule has 42 heavy (non-hydrogen) atoms. The molecule has 1 unspecified atom stereocenters. The predicted octanol–water partition coefficient (Wildman–Crippen LogP) is 1.44. The van der Waals surface area contributed by atoms with Gasteiger partial charge in [0.05, 0.1) is 32.0 Å². The van der Waals surface area contributed by atoms with E-state index in [-0.39, 0.29) is 44.6 Å². The first-order chi connectivity index (χ1) is 20.1. The maximum absolute atomic E-state index is 13.6. The van der Waals surface area contributed by atoms with Crippen molar-refractivity contribution in [1.82, 2.24) is 25.2 Å². The van der Waals surface area contributed by atoms with Gasteiger partial charge in [0.2, 0.25) is 5.91 Å². The number of hydrogen-bond donors (Lipinski definition) is 3. The van der Waals surface area contributed by atoms with Crippen molar-refractivity contribution in [2.45, 2.75) is 25.5 Å². The van der Waals surface area contributed by atoms with E-state index >= 15 is 0 Å². The molecule has 0 saturated carbocycles. The summed E-state index contributed by atoms with van der Waals surface area (Å²) < 4.78 is 23.2. The van der Waals surface area contributed by atoms with Crippen molar-refractivity contribution < 1.29 is 43.0 Å². The first kappa shape index (κ1) is 31.3. The number of benzene rings is 1. The number of hydroxylamine groups is 2. The summed E-state index contributed by atoms with van der Waals surface area (Å²) >= 11 is 0. The molecule has 3 atom stereocenters. The Morgan fingerprint density at radius 1 is 1.12 bits per heavy atom. The molecular formula is C26H35N6O9P. The number of methoxy groups -OCH3 is 1. The van der Waals surface area contributed by atoms with Crippen LogP contribution in [0.15, 0.2) is 36.4 Å². The molecule has 0 spiro atoms. The zero-order valence-corrected chi connectivity index (χ0v) is 24.3. The van der Waals surface area contributed by atoms with Crippen LogP contribution >= 0.6 is 7.60 Å². The van der Waals surface area contributed by atoms with Gasteiger partial charge >= 0.3 is 13.8 Å². The molecule has 2 amide bonds. The van der Waals surface area contributed by atoms with Gasteiger partial charge in [-0.1, -0.05) is 30.3 Å². The molecule has 2 saturated heterocycles. The quantitative estimate of drug-likeness (QED) is 0.313. The lowest BCUT2D eigenvalue weighted by atomic mass is 10.2. The standard InChI is InChI=1S/C26H35N6O9P/c1-3-40-42(37,38)17-21(25(34)30-11-13-32(14-12-30)41-26(35)36)28-24(33)20-15-22(31-10-9-19(16-31)39-2)29-23(27-20)18-7-5-4-6-8-18/h4-8,15,19,21H,3,9-14,16-17H2,1-2H3,(H,28,33)(H,35,36)(H,37,38)/t19-,21+/m0/s1. The molecule has 228 valence electrons. The molecule has 2 aliphatic heterocycles. The first-order valence-corrected chi connectivity index (χ1v) is 15.3. The van der Waals surface area contributed by atoms with Crippen molar-refractivity contribution in [2.75, 3.05) is 64.0 Å². The number of nitrogens with zero attached hydrogens (tertiary/aromatic N) is 5. The van der Waals surface area contributed by atoms with Gasteiger partial charge in [-0.2, -0.15) is 0 Å². The largest absolute Gasteiger partial charge is 0.525 e. The van der Waals surface area contributed by atoms with Crippen LogP contribution in [-0.4, -0.2) is 119 Å². The molecule has 2 aromatic rings. The molecule has 15 nitrogen and oxygen atoms in total. The Balaban J connectivity index is 1.60. The van der Waals surface area contributed by atoms with E-state index < -0.39 is 37.8 Å². The van der Waals surface area contributed by atoms with Crippen molar-refractivity contribution >= 4 is 31.4 Å². The third kappa shape index (κ3) is 8.23. The van der Waals surface area contributed by atoms with E-state index in [4.69, 9.17) is 14.4 Å². The van der Waals surface area contributed by atoms with E-state index in [1.165, 1.54) is 16.0 Å². The molecule has 2 fully saturated rings. The highest BCUT2D eigenvalue weighted by Crippen LogP contribution is 2.42. The number of amides is 2. The van der Waals surface area contributed by atoms with Crippen LogP contribution in [0, 0.1) is 0 Å². The first-order valence-electron chi connectivity index (χ1n) is 13.5. The number of piperazine rings is 1. The van der Waals surface area contributed by atoms with Crippen LogP contribution < -0.4 is 10.2 Å². The number of ether oxygens (including phenoxy) is 1. The second-order valence-corrected chi connectivity index (χ2v) is 11.7. The van der Waals surface area contributed by atoms with Crippen molar-refractivity contribution in [2.24, 2.45) is 0 Å². The summed E-state index contributed by atoms with van der Waals surface area (Å²) in [7, 11) is -2.62. The Hall–Kier alpha value is -3.62. The van der Waals surface area contributed by atoms with Crippen molar-refractivity contribution in [3.63, 3.8) is 0 Å². The number of carboxylic acid groups (broad SMARTS) is 1. The molecule has 0 aliphatic carbocycles. The summed E-state index contributed by atoms with van der Waals surface area (Å²) in [6, 6.07) is 9.22. The average molecular weight is 607 g/mol. The third-order valence-corrected chi connectivity index (χ3v) is 8.37. The lowest BCUT2D eigenvalue weighted by Gasteiger charge is -2.35. The highest BCUT2D eigenvalue weighted by molar-refractivity contribution is 7.52. The second-order valence-electron chi connectivity index (χ2n) is 9.77. The molecule has 16 heteroatoms. The van der Waals surface area contributed by atoms with E-state index in [0.717, 1.165) is 6.42 Å². The van der Waals surface area contributed by atoms with E-state index in [0.29, 0.717) is 30.3 Å². The van der Waals surface area contributed by atoms with E-state index in [1.807, 2.05) is 35.2 Å². The average Bonchev–Trinajstić information content (AvgIpc) is 3.46.